The van der Waals surface area contributed by atoms with Crippen molar-refractivity contribution < 1.29 is 9.53 Å². The summed E-state index contributed by atoms with van der Waals surface area (Å²) in [6, 6.07) is 7.65. The zero-order valence-corrected chi connectivity index (χ0v) is 14.1. The van der Waals surface area contributed by atoms with Gasteiger partial charge in [0.05, 0.1) is 29.8 Å². The highest BCUT2D eigenvalue weighted by molar-refractivity contribution is 6.31. The predicted octanol–water partition coefficient (Wildman–Crippen LogP) is 3.67. The molecule has 24 heavy (non-hydrogen) atoms. The Morgan fingerprint density at radius 2 is 2.08 bits per heavy atom. The molecular weight excluding hydrogens is 324 g/mol. The van der Waals surface area contributed by atoms with E-state index >= 15 is 0 Å². The summed E-state index contributed by atoms with van der Waals surface area (Å²) in [4.78, 5) is 17.7. The van der Waals surface area contributed by atoms with Gasteiger partial charge in [0.25, 0.3) is 5.91 Å². The van der Waals surface area contributed by atoms with Crippen LogP contribution in [0.1, 0.15) is 47.7 Å². The van der Waals surface area contributed by atoms with Crippen molar-refractivity contribution in [1.82, 2.24) is 10.3 Å². The lowest BCUT2D eigenvalue weighted by Gasteiger charge is -2.46. The fourth-order valence-electron chi connectivity index (χ4n) is 3.85. The summed E-state index contributed by atoms with van der Waals surface area (Å²) in [7, 11) is 0. The summed E-state index contributed by atoms with van der Waals surface area (Å²) in [5, 5.41) is 4.64. The third-order valence-electron chi connectivity index (χ3n) is 5.56. The predicted molar refractivity (Wildman–Crippen MR) is 92.4 cm³/mol. The van der Waals surface area contributed by atoms with Gasteiger partial charge in [0.1, 0.15) is 0 Å². The lowest BCUT2D eigenvalue weighted by molar-refractivity contribution is -0.108. The van der Waals surface area contributed by atoms with E-state index in [1.165, 1.54) is 0 Å². The average Bonchev–Trinajstić information content (AvgIpc) is 3.38. The summed E-state index contributed by atoms with van der Waals surface area (Å²) in [6.07, 6.45) is 4.88. The second-order valence-corrected chi connectivity index (χ2v) is 7.73. The van der Waals surface area contributed by atoms with Crippen molar-refractivity contribution >= 4 is 28.4 Å². The number of nitrogens with one attached hydrogen (secondary N) is 1. The maximum absolute atomic E-state index is 13.0. The van der Waals surface area contributed by atoms with Gasteiger partial charge in [0, 0.05) is 22.0 Å². The van der Waals surface area contributed by atoms with Gasteiger partial charge in [0.15, 0.2) is 0 Å². The number of carbonyl (C=O) groups excluding carboxylic acids is 1. The number of hydrogen-bond acceptors (Lipinski definition) is 3. The molecule has 0 radical (unpaired) electrons. The Hall–Kier alpha value is -1.65. The highest BCUT2D eigenvalue weighted by Crippen LogP contribution is 2.41. The molecule has 3 heterocycles. The van der Waals surface area contributed by atoms with Crippen molar-refractivity contribution in [2.75, 3.05) is 6.61 Å². The molecule has 1 amide bonds. The summed E-state index contributed by atoms with van der Waals surface area (Å²) < 4.78 is 5.72. The molecule has 1 atom stereocenters. The molecule has 2 saturated heterocycles. The van der Waals surface area contributed by atoms with Crippen LogP contribution < -0.4 is 5.32 Å². The summed E-state index contributed by atoms with van der Waals surface area (Å²) in [6.45, 7) is 0.625. The number of benzene rings is 1. The monoisotopic (exact) mass is 342 g/mol. The lowest BCUT2D eigenvalue weighted by Crippen LogP contribution is -2.55. The van der Waals surface area contributed by atoms with Crippen LogP contribution in [0.4, 0.5) is 0 Å². The minimum Gasteiger partial charge on any atom is -0.376 e. The number of ether oxygens (including phenoxy) is 1. The van der Waals surface area contributed by atoms with Gasteiger partial charge < -0.3 is 10.1 Å². The van der Waals surface area contributed by atoms with Gasteiger partial charge >= 0.3 is 0 Å². The van der Waals surface area contributed by atoms with Crippen LogP contribution in [0, 0.1) is 5.92 Å². The lowest BCUT2D eigenvalue weighted by atomic mass is 9.75. The van der Waals surface area contributed by atoms with Crippen LogP contribution in [-0.2, 0) is 4.74 Å². The molecule has 2 aromatic rings. The standard InChI is InChI=1S/C19H19ClN2O2/c20-12-3-4-16-14(7-12)15(8-17(21-16)10-1-2-10)19(23)22-18-9-24-13-5-11(18)6-13/h3-4,7-8,10-11,13,18H,1-2,5-6,9H2,(H,22,23). The fourth-order valence-corrected chi connectivity index (χ4v) is 4.02. The van der Waals surface area contributed by atoms with Gasteiger partial charge in [-0.3, -0.25) is 9.78 Å². The third-order valence-corrected chi connectivity index (χ3v) is 5.79. The highest BCUT2D eigenvalue weighted by atomic mass is 35.5. The van der Waals surface area contributed by atoms with Crippen LogP contribution in [0.3, 0.4) is 0 Å². The second-order valence-electron chi connectivity index (χ2n) is 7.30. The van der Waals surface area contributed by atoms with Crippen molar-refractivity contribution in [2.24, 2.45) is 5.92 Å². The maximum atomic E-state index is 13.0. The Kier molecular flexibility index (Phi) is 3.32. The number of rotatable bonds is 3. The molecule has 124 valence electrons. The van der Waals surface area contributed by atoms with E-state index < -0.39 is 0 Å². The first-order valence-electron chi connectivity index (χ1n) is 8.70. The molecule has 2 saturated carbocycles. The largest absolute Gasteiger partial charge is 0.376 e. The van der Waals surface area contributed by atoms with E-state index in [1.807, 2.05) is 24.3 Å². The van der Waals surface area contributed by atoms with E-state index in [1.54, 1.807) is 0 Å². The molecule has 1 unspecified atom stereocenters. The molecule has 1 N–H and O–H groups in total. The fraction of sp³-hybridized carbons (Fsp3) is 0.474. The normalized spacial score (nSPS) is 28.5. The topological polar surface area (TPSA) is 51.2 Å². The quantitative estimate of drug-likeness (QED) is 0.925. The zero-order valence-electron chi connectivity index (χ0n) is 13.3. The van der Waals surface area contributed by atoms with Crippen molar-refractivity contribution in [3.8, 4) is 0 Å². The number of hydrogen-bond donors (Lipinski definition) is 1. The van der Waals surface area contributed by atoms with Crippen molar-refractivity contribution in [1.29, 1.82) is 0 Å². The number of nitrogens with zero attached hydrogens (tertiary/aromatic N) is 1. The van der Waals surface area contributed by atoms with Gasteiger partial charge in [-0.15, -0.1) is 0 Å². The van der Waals surface area contributed by atoms with Crippen LogP contribution in [0.25, 0.3) is 10.9 Å². The van der Waals surface area contributed by atoms with Crippen LogP contribution in [0.2, 0.25) is 5.02 Å². The van der Waals surface area contributed by atoms with Crippen LogP contribution in [-0.4, -0.2) is 29.6 Å². The molecule has 1 aromatic carbocycles. The molecule has 2 aliphatic heterocycles. The number of amides is 1. The summed E-state index contributed by atoms with van der Waals surface area (Å²) >= 11 is 6.15. The molecule has 4 nitrogen and oxygen atoms in total. The Morgan fingerprint density at radius 3 is 2.79 bits per heavy atom. The van der Waals surface area contributed by atoms with E-state index in [-0.39, 0.29) is 11.9 Å². The minimum atomic E-state index is -0.0366. The number of carbonyl (C=O) groups is 1. The van der Waals surface area contributed by atoms with Gasteiger partial charge in [-0.25, -0.2) is 0 Å². The van der Waals surface area contributed by atoms with E-state index in [9.17, 15) is 4.79 Å². The van der Waals surface area contributed by atoms with Gasteiger partial charge in [-0.2, -0.15) is 0 Å². The molecule has 2 bridgehead atoms. The summed E-state index contributed by atoms with van der Waals surface area (Å²) in [5.74, 6) is 1.03. The van der Waals surface area contributed by atoms with Crippen molar-refractivity contribution in [2.45, 2.75) is 43.7 Å². The van der Waals surface area contributed by atoms with E-state index in [0.717, 1.165) is 42.3 Å². The van der Waals surface area contributed by atoms with Crippen molar-refractivity contribution in [3.05, 3.63) is 40.5 Å². The molecule has 6 rings (SSSR count). The third kappa shape index (κ3) is 2.49. The number of aromatic nitrogens is 1. The molecule has 2 aliphatic carbocycles. The van der Waals surface area contributed by atoms with Crippen LogP contribution >= 0.6 is 11.6 Å². The summed E-state index contributed by atoms with van der Waals surface area (Å²) in [5.41, 5.74) is 2.56. The van der Waals surface area contributed by atoms with Crippen LogP contribution in [0.15, 0.2) is 24.3 Å². The van der Waals surface area contributed by atoms with Gasteiger partial charge in [-0.05, 0) is 55.9 Å². The Balaban J connectivity index is 1.51. The van der Waals surface area contributed by atoms with E-state index in [4.69, 9.17) is 21.3 Å². The minimum absolute atomic E-state index is 0.0366. The zero-order chi connectivity index (χ0) is 16.3. The maximum Gasteiger partial charge on any atom is 0.252 e. The molecule has 1 aromatic heterocycles. The van der Waals surface area contributed by atoms with E-state index in [0.29, 0.717) is 35.1 Å². The SMILES string of the molecule is O=C(NC1COC2CC1C2)c1cc(C2CC2)nc2ccc(Cl)cc12. The molecule has 0 spiro atoms. The first-order valence-corrected chi connectivity index (χ1v) is 9.08. The Bertz CT molecular complexity index is 825. The Morgan fingerprint density at radius 1 is 1.25 bits per heavy atom. The molecule has 5 heteroatoms. The van der Waals surface area contributed by atoms with E-state index in [2.05, 4.69) is 5.32 Å². The van der Waals surface area contributed by atoms with Gasteiger partial charge in [-0.1, -0.05) is 11.6 Å². The number of fused-ring (bicyclic) bond motifs is 3. The highest BCUT2D eigenvalue weighted by Gasteiger charge is 2.41. The average molecular weight is 343 g/mol. The Labute approximate surface area is 145 Å². The number of halogens is 1. The second kappa shape index (κ2) is 5.43. The van der Waals surface area contributed by atoms with Gasteiger partial charge in [0.2, 0.25) is 0 Å². The first kappa shape index (κ1) is 14.7. The molecule has 4 aliphatic rings. The first-order chi connectivity index (χ1) is 11.7. The van der Waals surface area contributed by atoms with Crippen LogP contribution in [0.5, 0.6) is 0 Å². The smallest absolute Gasteiger partial charge is 0.252 e. The number of pyridine rings is 1. The van der Waals surface area contributed by atoms with Crippen molar-refractivity contribution in [3.63, 3.8) is 0 Å². The molecule has 4 fully saturated rings. The molecular formula is C19H19ClN2O2.